The molecule has 148 valence electrons. The predicted octanol–water partition coefficient (Wildman–Crippen LogP) is 1.65. The molecule has 1 fully saturated rings. The lowest BCUT2D eigenvalue weighted by molar-refractivity contribution is -0.123. The van der Waals surface area contributed by atoms with Crippen molar-refractivity contribution in [2.24, 2.45) is 11.7 Å². The van der Waals surface area contributed by atoms with Gasteiger partial charge in [0.25, 0.3) is 5.91 Å². The van der Waals surface area contributed by atoms with Crippen molar-refractivity contribution in [2.45, 2.75) is 19.3 Å². The summed E-state index contributed by atoms with van der Waals surface area (Å²) in [5.74, 6) is -0.357. The number of nitrogens with zero attached hydrogens (tertiary/aromatic N) is 2. The number of primary amides is 1. The van der Waals surface area contributed by atoms with Crippen LogP contribution >= 0.6 is 0 Å². The molecule has 1 unspecified atom stereocenters. The van der Waals surface area contributed by atoms with E-state index in [4.69, 9.17) is 11.5 Å². The Morgan fingerprint density at radius 2 is 2.00 bits per heavy atom. The summed E-state index contributed by atoms with van der Waals surface area (Å²) in [5, 5.41) is 2.95. The van der Waals surface area contributed by atoms with Gasteiger partial charge in [0.05, 0.1) is 5.92 Å². The maximum Gasteiger partial charge on any atom is 0.251 e. The summed E-state index contributed by atoms with van der Waals surface area (Å²) in [6.45, 7) is 3.15. The van der Waals surface area contributed by atoms with E-state index in [0.29, 0.717) is 17.8 Å². The lowest BCUT2D eigenvalue weighted by Crippen LogP contribution is -2.42. The van der Waals surface area contributed by atoms with Crippen molar-refractivity contribution in [3.05, 3.63) is 48.3 Å². The molecular formula is C21H27N5O2. The Hall–Kier alpha value is -2.93. The fraction of sp³-hybridized carbons (Fsp3) is 0.381. The Balaban J connectivity index is 1.45. The van der Waals surface area contributed by atoms with E-state index >= 15 is 0 Å². The van der Waals surface area contributed by atoms with Crippen LogP contribution in [-0.2, 0) is 4.79 Å². The molecule has 3 rings (SSSR count). The Kier molecular flexibility index (Phi) is 6.60. The fourth-order valence-electron chi connectivity index (χ4n) is 3.55. The third kappa shape index (κ3) is 5.07. The normalized spacial score (nSPS) is 17.2. The number of nitrogens with two attached hydrogens (primary N) is 2. The number of aromatic nitrogens is 1. The number of nitrogen functional groups attached to an aromatic ring is 1. The van der Waals surface area contributed by atoms with Crippen molar-refractivity contribution in [1.82, 2.24) is 15.2 Å². The number of benzene rings is 1. The van der Waals surface area contributed by atoms with Gasteiger partial charge in [-0.25, -0.2) is 0 Å². The highest BCUT2D eigenvalue weighted by Gasteiger charge is 2.23. The maximum atomic E-state index is 12.3. The molecule has 0 bridgehead atoms. The first-order valence-corrected chi connectivity index (χ1v) is 9.64. The molecule has 1 aromatic carbocycles. The number of carbonyl (C=O) groups excluding carboxylic acids is 2. The number of hydrogen-bond acceptors (Lipinski definition) is 5. The SMILES string of the molecule is NC(=O)C1CCCN(CCCNC(=O)c2ccc(-c3cnccc3N)cc2)C1. The molecule has 0 spiro atoms. The van der Waals surface area contributed by atoms with Crippen molar-refractivity contribution < 1.29 is 9.59 Å². The van der Waals surface area contributed by atoms with Crippen molar-refractivity contribution >= 4 is 17.5 Å². The van der Waals surface area contributed by atoms with Crippen LogP contribution in [0.2, 0.25) is 0 Å². The molecule has 1 saturated heterocycles. The molecule has 2 aromatic rings. The monoisotopic (exact) mass is 381 g/mol. The molecule has 28 heavy (non-hydrogen) atoms. The minimum Gasteiger partial charge on any atom is -0.398 e. The molecule has 1 aromatic heterocycles. The fourth-order valence-corrected chi connectivity index (χ4v) is 3.55. The minimum atomic E-state index is -0.213. The van der Waals surface area contributed by atoms with Crippen molar-refractivity contribution in [2.75, 3.05) is 31.9 Å². The highest BCUT2D eigenvalue weighted by atomic mass is 16.2. The largest absolute Gasteiger partial charge is 0.398 e. The van der Waals surface area contributed by atoms with Crippen molar-refractivity contribution in [1.29, 1.82) is 0 Å². The number of nitrogens with one attached hydrogen (secondary N) is 1. The van der Waals surface area contributed by atoms with E-state index in [2.05, 4.69) is 15.2 Å². The van der Waals surface area contributed by atoms with Crippen LogP contribution in [0.1, 0.15) is 29.6 Å². The molecule has 0 saturated carbocycles. The van der Waals surface area contributed by atoms with Gasteiger partial charge in [-0.05, 0) is 56.1 Å². The van der Waals surface area contributed by atoms with Gasteiger partial charge in [0.15, 0.2) is 0 Å². The summed E-state index contributed by atoms with van der Waals surface area (Å²) in [7, 11) is 0. The lowest BCUT2D eigenvalue weighted by Gasteiger charge is -2.31. The van der Waals surface area contributed by atoms with Crippen LogP contribution in [0.3, 0.4) is 0 Å². The summed E-state index contributed by atoms with van der Waals surface area (Å²) in [5.41, 5.74) is 14.4. The highest BCUT2D eigenvalue weighted by Crippen LogP contribution is 2.24. The van der Waals surface area contributed by atoms with Crippen LogP contribution in [-0.4, -0.2) is 47.9 Å². The lowest BCUT2D eigenvalue weighted by atomic mass is 9.97. The standard InChI is InChI=1S/C21H27N5O2/c22-19-8-10-24-13-18(19)15-4-6-16(7-5-15)21(28)25-9-2-12-26-11-1-3-17(14-26)20(23)27/h4-8,10,13,17H,1-3,9,11-12,14H2,(H2,22,24)(H2,23,27)(H,25,28). The number of rotatable bonds is 7. The quantitative estimate of drug-likeness (QED) is 0.631. The first kappa shape index (κ1) is 19.8. The van der Waals surface area contributed by atoms with E-state index in [-0.39, 0.29) is 17.7 Å². The Morgan fingerprint density at radius 1 is 1.21 bits per heavy atom. The molecule has 2 amide bonds. The molecule has 1 atom stereocenters. The van der Waals surface area contributed by atoms with E-state index in [1.54, 1.807) is 30.6 Å². The number of anilines is 1. The van der Waals surface area contributed by atoms with Gasteiger partial charge in [-0.2, -0.15) is 0 Å². The summed E-state index contributed by atoms with van der Waals surface area (Å²) in [6, 6.07) is 9.09. The molecule has 0 aliphatic carbocycles. The Morgan fingerprint density at radius 3 is 2.71 bits per heavy atom. The topological polar surface area (TPSA) is 114 Å². The second kappa shape index (κ2) is 9.32. The molecule has 7 nitrogen and oxygen atoms in total. The third-order valence-electron chi connectivity index (χ3n) is 5.16. The molecule has 5 N–H and O–H groups in total. The van der Waals surface area contributed by atoms with Crippen LogP contribution < -0.4 is 16.8 Å². The average Bonchev–Trinajstić information content (AvgIpc) is 2.72. The number of likely N-dealkylation sites (tertiary alicyclic amines) is 1. The van der Waals surface area contributed by atoms with Gasteiger partial charge < -0.3 is 21.7 Å². The molecule has 1 aliphatic heterocycles. The van der Waals surface area contributed by atoms with Crippen molar-refractivity contribution in [3.8, 4) is 11.1 Å². The van der Waals surface area contributed by atoms with Crippen LogP contribution in [0, 0.1) is 5.92 Å². The molecule has 2 heterocycles. The third-order valence-corrected chi connectivity index (χ3v) is 5.16. The molecular weight excluding hydrogens is 354 g/mol. The van der Waals surface area contributed by atoms with Gasteiger partial charge in [0.1, 0.15) is 0 Å². The van der Waals surface area contributed by atoms with Gasteiger partial charge >= 0.3 is 0 Å². The summed E-state index contributed by atoms with van der Waals surface area (Å²) in [6.07, 6.45) is 6.07. The van der Waals surface area contributed by atoms with Crippen molar-refractivity contribution in [3.63, 3.8) is 0 Å². The average molecular weight is 381 g/mol. The zero-order valence-electron chi connectivity index (χ0n) is 15.9. The smallest absolute Gasteiger partial charge is 0.251 e. The zero-order valence-corrected chi connectivity index (χ0v) is 15.9. The van der Waals surface area contributed by atoms with Gasteiger partial charge in [0, 0.05) is 42.3 Å². The van der Waals surface area contributed by atoms with Crippen LogP contribution in [0.4, 0.5) is 5.69 Å². The van der Waals surface area contributed by atoms with E-state index < -0.39 is 0 Å². The van der Waals surface area contributed by atoms with E-state index in [9.17, 15) is 9.59 Å². The highest BCUT2D eigenvalue weighted by molar-refractivity contribution is 5.94. The summed E-state index contributed by atoms with van der Waals surface area (Å²) < 4.78 is 0. The number of piperidine rings is 1. The first-order valence-electron chi connectivity index (χ1n) is 9.64. The van der Waals surface area contributed by atoms with Gasteiger partial charge in [-0.1, -0.05) is 12.1 Å². The molecule has 7 heteroatoms. The Bertz CT molecular complexity index is 822. The number of carbonyl (C=O) groups is 2. The van der Waals surface area contributed by atoms with Crippen LogP contribution in [0.25, 0.3) is 11.1 Å². The van der Waals surface area contributed by atoms with Gasteiger partial charge in [0.2, 0.25) is 5.91 Å². The van der Waals surface area contributed by atoms with Crippen LogP contribution in [0.5, 0.6) is 0 Å². The second-order valence-electron chi connectivity index (χ2n) is 7.19. The van der Waals surface area contributed by atoms with E-state index in [1.807, 2.05) is 12.1 Å². The van der Waals surface area contributed by atoms with E-state index in [0.717, 1.165) is 50.0 Å². The zero-order chi connectivity index (χ0) is 19.9. The predicted molar refractivity (Wildman–Crippen MR) is 109 cm³/mol. The summed E-state index contributed by atoms with van der Waals surface area (Å²) >= 11 is 0. The van der Waals surface area contributed by atoms with Gasteiger partial charge in [-0.3, -0.25) is 14.6 Å². The number of pyridine rings is 1. The molecule has 0 radical (unpaired) electrons. The second-order valence-corrected chi connectivity index (χ2v) is 7.19. The maximum absolute atomic E-state index is 12.3. The van der Waals surface area contributed by atoms with Gasteiger partial charge in [-0.15, -0.1) is 0 Å². The minimum absolute atomic E-state index is 0.0456. The Labute approximate surface area is 165 Å². The van der Waals surface area contributed by atoms with E-state index in [1.165, 1.54) is 0 Å². The number of hydrogen-bond donors (Lipinski definition) is 3. The summed E-state index contributed by atoms with van der Waals surface area (Å²) in [4.78, 5) is 30.0. The molecule has 1 aliphatic rings. The number of amides is 2. The van der Waals surface area contributed by atoms with Crippen LogP contribution in [0.15, 0.2) is 42.7 Å². The first-order chi connectivity index (χ1) is 13.5.